The van der Waals surface area contributed by atoms with Gasteiger partial charge in [-0.1, -0.05) is 31.0 Å². The van der Waals surface area contributed by atoms with E-state index < -0.39 is 0 Å². The average molecular weight is 219 g/mol. The summed E-state index contributed by atoms with van der Waals surface area (Å²) in [5.41, 5.74) is 2.55. The van der Waals surface area contributed by atoms with Crippen LogP contribution in [-0.4, -0.2) is 13.7 Å². The lowest BCUT2D eigenvalue weighted by molar-refractivity contribution is 0.394. The van der Waals surface area contributed by atoms with E-state index in [0.29, 0.717) is 6.04 Å². The Morgan fingerprint density at radius 2 is 2.12 bits per heavy atom. The van der Waals surface area contributed by atoms with Crippen molar-refractivity contribution in [2.24, 2.45) is 0 Å². The van der Waals surface area contributed by atoms with Crippen LogP contribution in [0.2, 0.25) is 0 Å². The summed E-state index contributed by atoms with van der Waals surface area (Å²) in [4.78, 5) is 0. The van der Waals surface area contributed by atoms with Gasteiger partial charge >= 0.3 is 0 Å². The molecular formula is C14H21NO. The van der Waals surface area contributed by atoms with Crippen molar-refractivity contribution in [2.45, 2.75) is 38.6 Å². The van der Waals surface area contributed by atoms with E-state index >= 15 is 0 Å². The van der Waals surface area contributed by atoms with Crippen LogP contribution in [0.4, 0.5) is 0 Å². The number of methoxy groups -OCH3 is 1. The van der Waals surface area contributed by atoms with Crippen molar-refractivity contribution in [1.82, 2.24) is 5.32 Å². The molecule has 1 heterocycles. The Labute approximate surface area is 98.0 Å². The van der Waals surface area contributed by atoms with Gasteiger partial charge in [-0.15, -0.1) is 0 Å². The lowest BCUT2D eigenvalue weighted by Gasteiger charge is -2.20. The maximum absolute atomic E-state index is 5.53. The predicted octanol–water partition coefficient (Wildman–Crippen LogP) is 3.21. The summed E-state index contributed by atoms with van der Waals surface area (Å²) in [7, 11) is 1.77. The summed E-state index contributed by atoms with van der Waals surface area (Å²) in [5, 5.41) is 3.62. The van der Waals surface area contributed by atoms with Crippen LogP contribution in [0.3, 0.4) is 0 Å². The summed E-state index contributed by atoms with van der Waals surface area (Å²) in [6, 6.07) is 6.89. The molecule has 1 aromatic rings. The highest BCUT2D eigenvalue weighted by Crippen LogP contribution is 2.32. The minimum atomic E-state index is 0.470. The predicted molar refractivity (Wildman–Crippen MR) is 66.9 cm³/mol. The molecule has 1 aromatic carbocycles. The second kappa shape index (κ2) is 5.35. The van der Waals surface area contributed by atoms with Gasteiger partial charge in [0.2, 0.25) is 0 Å². The average Bonchev–Trinajstić information content (AvgIpc) is 2.57. The Morgan fingerprint density at radius 3 is 2.94 bits per heavy atom. The Balaban J connectivity index is 2.27. The molecule has 0 bridgehead atoms. The van der Waals surface area contributed by atoms with Gasteiger partial charge in [0.25, 0.3) is 0 Å². The Kier molecular flexibility index (Phi) is 3.83. The van der Waals surface area contributed by atoms with Crippen LogP contribution < -0.4 is 10.1 Å². The van der Waals surface area contributed by atoms with Gasteiger partial charge in [0.15, 0.2) is 0 Å². The number of rotatable bonds is 2. The molecular weight excluding hydrogens is 198 g/mol. The van der Waals surface area contributed by atoms with Crippen molar-refractivity contribution in [1.29, 1.82) is 0 Å². The Morgan fingerprint density at radius 1 is 1.25 bits per heavy atom. The molecule has 1 fully saturated rings. The molecule has 0 amide bonds. The summed E-state index contributed by atoms with van der Waals surface area (Å²) in [6.45, 7) is 3.24. The minimum absolute atomic E-state index is 0.470. The normalized spacial score (nSPS) is 21.5. The number of hydrogen-bond donors (Lipinski definition) is 1. The fraction of sp³-hybridized carbons (Fsp3) is 0.571. The SMILES string of the molecule is COc1c(C)cccc1C1CCCCCN1. The van der Waals surface area contributed by atoms with Gasteiger partial charge in [0.1, 0.15) is 5.75 Å². The zero-order valence-electron chi connectivity index (χ0n) is 10.3. The molecule has 0 spiro atoms. The molecule has 1 saturated heterocycles. The van der Waals surface area contributed by atoms with E-state index in [9.17, 15) is 0 Å². The molecule has 0 radical (unpaired) electrons. The number of aryl methyl sites for hydroxylation is 1. The monoisotopic (exact) mass is 219 g/mol. The maximum atomic E-state index is 5.53. The van der Waals surface area contributed by atoms with E-state index in [0.717, 1.165) is 12.3 Å². The van der Waals surface area contributed by atoms with Crippen molar-refractivity contribution in [2.75, 3.05) is 13.7 Å². The van der Waals surface area contributed by atoms with E-state index in [2.05, 4.69) is 30.4 Å². The third kappa shape index (κ3) is 2.38. The standard InChI is InChI=1S/C14H21NO/c1-11-7-6-8-12(14(11)16-2)13-9-4-3-5-10-15-13/h6-8,13,15H,3-5,9-10H2,1-2H3. The van der Waals surface area contributed by atoms with E-state index in [4.69, 9.17) is 4.74 Å². The molecule has 2 rings (SSSR count). The van der Waals surface area contributed by atoms with Crippen LogP contribution in [0, 0.1) is 6.92 Å². The lowest BCUT2D eigenvalue weighted by atomic mass is 9.99. The van der Waals surface area contributed by atoms with Gasteiger partial charge in [-0.05, 0) is 31.9 Å². The highest BCUT2D eigenvalue weighted by atomic mass is 16.5. The number of benzene rings is 1. The molecule has 88 valence electrons. The highest BCUT2D eigenvalue weighted by molar-refractivity contribution is 5.42. The Bertz CT molecular complexity index is 341. The van der Waals surface area contributed by atoms with E-state index in [1.165, 1.54) is 36.8 Å². The smallest absolute Gasteiger partial charge is 0.126 e. The zero-order valence-corrected chi connectivity index (χ0v) is 10.3. The van der Waals surface area contributed by atoms with Crippen molar-refractivity contribution in [3.8, 4) is 5.75 Å². The first-order chi connectivity index (χ1) is 7.83. The first-order valence-corrected chi connectivity index (χ1v) is 6.20. The van der Waals surface area contributed by atoms with Gasteiger partial charge < -0.3 is 10.1 Å². The number of ether oxygens (including phenoxy) is 1. The molecule has 2 nitrogen and oxygen atoms in total. The molecule has 16 heavy (non-hydrogen) atoms. The number of hydrogen-bond acceptors (Lipinski definition) is 2. The van der Waals surface area contributed by atoms with Crippen LogP contribution in [0.15, 0.2) is 18.2 Å². The van der Waals surface area contributed by atoms with Crippen LogP contribution in [0.25, 0.3) is 0 Å². The van der Waals surface area contributed by atoms with Gasteiger partial charge in [0.05, 0.1) is 7.11 Å². The molecule has 1 aliphatic rings. The third-order valence-electron chi connectivity index (χ3n) is 3.38. The van der Waals surface area contributed by atoms with Gasteiger partial charge in [-0.25, -0.2) is 0 Å². The highest BCUT2D eigenvalue weighted by Gasteiger charge is 2.18. The Hall–Kier alpha value is -1.02. The molecule has 0 aromatic heterocycles. The van der Waals surface area contributed by atoms with Crippen LogP contribution in [-0.2, 0) is 0 Å². The van der Waals surface area contributed by atoms with Crippen LogP contribution in [0.1, 0.15) is 42.9 Å². The minimum Gasteiger partial charge on any atom is -0.496 e. The molecule has 0 saturated carbocycles. The van der Waals surface area contributed by atoms with Crippen LogP contribution >= 0.6 is 0 Å². The van der Waals surface area contributed by atoms with E-state index in [-0.39, 0.29) is 0 Å². The molecule has 1 N–H and O–H groups in total. The molecule has 1 aliphatic heterocycles. The number of nitrogens with one attached hydrogen (secondary N) is 1. The molecule has 0 aliphatic carbocycles. The molecule has 1 unspecified atom stereocenters. The van der Waals surface area contributed by atoms with Crippen molar-refractivity contribution in [3.05, 3.63) is 29.3 Å². The van der Waals surface area contributed by atoms with Gasteiger partial charge in [-0.2, -0.15) is 0 Å². The third-order valence-corrected chi connectivity index (χ3v) is 3.38. The van der Waals surface area contributed by atoms with E-state index in [1.807, 2.05) is 0 Å². The van der Waals surface area contributed by atoms with Crippen LogP contribution in [0.5, 0.6) is 5.75 Å². The summed E-state index contributed by atoms with van der Waals surface area (Å²) in [6.07, 6.45) is 5.18. The van der Waals surface area contributed by atoms with E-state index in [1.54, 1.807) is 7.11 Å². The summed E-state index contributed by atoms with van der Waals surface area (Å²) < 4.78 is 5.53. The fourth-order valence-corrected chi connectivity index (χ4v) is 2.52. The van der Waals surface area contributed by atoms with Gasteiger partial charge in [-0.3, -0.25) is 0 Å². The molecule has 2 heteroatoms. The first-order valence-electron chi connectivity index (χ1n) is 6.20. The number of para-hydroxylation sites is 1. The zero-order chi connectivity index (χ0) is 11.4. The van der Waals surface area contributed by atoms with Gasteiger partial charge in [0, 0.05) is 11.6 Å². The maximum Gasteiger partial charge on any atom is 0.126 e. The topological polar surface area (TPSA) is 21.3 Å². The lowest BCUT2D eigenvalue weighted by Crippen LogP contribution is -2.21. The quantitative estimate of drug-likeness (QED) is 0.824. The largest absolute Gasteiger partial charge is 0.496 e. The fourth-order valence-electron chi connectivity index (χ4n) is 2.52. The first kappa shape index (κ1) is 11.5. The summed E-state index contributed by atoms with van der Waals surface area (Å²) in [5.74, 6) is 1.06. The second-order valence-electron chi connectivity index (χ2n) is 4.55. The van der Waals surface area contributed by atoms with Crippen molar-refractivity contribution < 1.29 is 4.74 Å². The summed E-state index contributed by atoms with van der Waals surface area (Å²) >= 11 is 0. The van der Waals surface area contributed by atoms with Crippen molar-refractivity contribution >= 4 is 0 Å². The van der Waals surface area contributed by atoms with Crippen molar-refractivity contribution in [3.63, 3.8) is 0 Å². The molecule has 1 atom stereocenters. The second-order valence-corrected chi connectivity index (χ2v) is 4.55.